The summed E-state index contributed by atoms with van der Waals surface area (Å²) in [6.45, 7) is 6.89. The number of benzene rings is 2. The van der Waals surface area contributed by atoms with E-state index in [0.29, 0.717) is 23.0 Å². The first-order chi connectivity index (χ1) is 13.2. The van der Waals surface area contributed by atoms with Gasteiger partial charge in [-0.05, 0) is 31.2 Å². The van der Waals surface area contributed by atoms with Gasteiger partial charge in [-0.1, -0.05) is 35.6 Å². The number of para-hydroxylation sites is 2. The number of ether oxygens (including phenoxy) is 1. The molecule has 0 saturated carbocycles. The second-order valence-electron chi connectivity index (χ2n) is 5.72. The molecule has 0 atom stereocenters. The second-order valence-corrected chi connectivity index (χ2v) is 7.76. The molecule has 7 heteroatoms. The number of hydrogen-bond donors (Lipinski definition) is 0. The van der Waals surface area contributed by atoms with Crippen molar-refractivity contribution in [3.05, 3.63) is 64.9 Å². The number of nitrogens with zero attached hydrogens (tertiary/aromatic N) is 3. The minimum absolute atomic E-state index is 0.335. The van der Waals surface area contributed by atoms with E-state index < -0.39 is 0 Å². The van der Waals surface area contributed by atoms with Crippen molar-refractivity contribution < 1.29 is 9.53 Å². The van der Waals surface area contributed by atoms with Crippen molar-refractivity contribution in [1.29, 1.82) is 0 Å². The summed E-state index contributed by atoms with van der Waals surface area (Å²) in [6, 6.07) is 13.6. The summed E-state index contributed by atoms with van der Waals surface area (Å²) < 4.78 is 9.71. The van der Waals surface area contributed by atoms with Crippen LogP contribution in [0.1, 0.15) is 16.7 Å². The van der Waals surface area contributed by atoms with Crippen molar-refractivity contribution in [2.24, 2.45) is 4.99 Å². The fourth-order valence-electron chi connectivity index (χ4n) is 2.85. The van der Waals surface area contributed by atoms with Crippen molar-refractivity contribution >= 4 is 49.0 Å². The summed E-state index contributed by atoms with van der Waals surface area (Å²) in [4.78, 5) is 22.1. The number of aromatic nitrogens is 2. The van der Waals surface area contributed by atoms with Crippen LogP contribution in [-0.4, -0.2) is 22.1 Å². The Balaban J connectivity index is 1.86. The molecular formula is C20H17N3O2S2. The molecule has 1 amide bonds. The second kappa shape index (κ2) is 7.46. The van der Waals surface area contributed by atoms with Crippen LogP contribution in [0, 0.1) is 0 Å². The van der Waals surface area contributed by atoms with Gasteiger partial charge in [-0.15, -0.1) is 17.9 Å². The summed E-state index contributed by atoms with van der Waals surface area (Å²) >= 11 is 2.82. The quantitative estimate of drug-likeness (QED) is 0.463. The zero-order valence-corrected chi connectivity index (χ0v) is 16.3. The predicted molar refractivity (Wildman–Crippen MR) is 111 cm³/mol. The van der Waals surface area contributed by atoms with Gasteiger partial charge in [0.1, 0.15) is 11.3 Å². The number of carbonyl (C=O) groups is 1. The van der Waals surface area contributed by atoms with Crippen molar-refractivity contribution in [2.75, 3.05) is 6.61 Å². The minimum Gasteiger partial charge on any atom is -0.492 e. The molecule has 2 aromatic heterocycles. The summed E-state index contributed by atoms with van der Waals surface area (Å²) in [5.74, 6) is 0.445. The molecule has 2 aromatic carbocycles. The highest BCUT2D eigenvalue weighted by molar-refractivity contribution is 7.20. The molecule has 0 saturated heterocycles. The summed E-state index contributed by atoms with van der Waals surface area (Å²) in [5, 5.41) is 0.392. The third kappa shape index (κ3) is 3.31. The summed E-state index contributed by atoms with van der Waals surface area (Å²) in [7, 11) is 0. The maximum Gasteiger partial charge on any atom is 0.308 e. The predicted octanol–water partition coefficient (Wildman–Crippen LogP) is 4.64. The molecular weight excluding hydrogens is 378 g/mol. The molecule has 4 rings (SSSR count). The average molecular weight is 396 g/mol. The van der Waals surface area contributed by atoms with Crippen molar-refractivity contribution in [1.82, 2.24) is 9.55 Å². The number of carbonyl (C=O) groups excluding carboxylic acids is 1. The van der Waals surface area contributed by atoms with Gasteiger partial charge in [0.25, 0.3) is 0 Å². The third-order valence-electron chi connectivity index (χ3n) is 3.95. The van der Waals surface area contributed by atoms with Crippen LogP contribution in [0.2, 0.25) is 0 Å². The largest absolute Gasteiger partial charge is 0.492 e. The number of hydrogen-bond acceptors (Lipinski definition) is 5. The molecule has 0 fully saturated rings. The number of fused-ring (bicyclic) bond motifs is 2. The summed E-state index contributed by atoms with van der Waals surface area (Å²) in [5.41, 5.74) is 1.75. The van der Waals surface area contributed by atoms with E-state index in [4.69, 9.17) is 4.74 Å². The van der Waals surface area contributed by atoms with E-state index in [0.717, 1.165) is 26.2 Å². The van der Waals surface area contributed by atoms with Crippen molar-refractivity contribution in [3.8, 4) is 5.75 Å². The number of amides is 1. The van der Waals surface area contributed by atoms with E-state index in [9.17, 15) is 4.79 Å². The Morgan fingerprint density at radius 2 is 2.04 bits per heavy atom. The highest BCUT2D eigenvalue weighted by Gasteiger charge is 2.15. The van der Waals surface area contributed by atoms with Gasteiger partial charge >= 0.3 is 5.91 Å². The van der Waals surface area contributed by atoms with Crippen molar-refractivity contribution in [3.63, 3.8) is 0 Å². The lowest BCUT2D eigenvalue weighted by Crippen LogP contribution is -2.16. The molecule has 0 radical (unpaired) electrons. The van der Waals surface area contributed by atoms with Gasteiger partial charge in [0.05, 0.1) is 21.5 Å². The number of thiazole rings is 2. The molecule has 0 bridgehead atoms. The first kappa shape index (κ1) is 17.6. The molecule has 0 N–H and O–H groups in total. The van der Waals surface area contributed by atoms with Gasteiger partial charge in [0, 0.05) is 6.54 Å². The Kier molecular flexibility index (Phi) is 4.87. The van der Waals surface area contributed by atoms with E-state index in [1.165, 1.54) is 22.7 Å². The molecule has 4 aromatic rings. The van der Waals surface area contributed by atoms with Gasteiger partial charge in [-0.25, -0.2) is 4.98 Å². The van der Waals surface area contributed by atoms with Crippen LogP contribution >= 0.6 is 22.7 Å². The van der Waals surface area contributed by atoms with Gasteiger partial charge in [0.15, 0.2) is 9.81 Å². The Morgan fingerprint density at radius 1 is 1.22 bits per heavy atom. The Labute approximate surface area is 163 Å². The van der Waals surface area contributed by atoms with Crippen LogP contribution < -0.4 is 9.54 Å². The molecule has 5 nitrogen and oxygen atoms in total. The molecule has 136 valence electrons. The number of allylic oxidation sites excluding steroid dienone is 1. The van der Waals surface area contributed by atoms with Crippen LogP contribution in [0.4, 0.5) is 0 Å². The topological polar surface area (TPSA) is 56.5 Å². The van der Waals surface area contributed by atoms with Gasteiger partial charge in [-0.2, -0.15) is 4.99 Å². The Bertz CT molecular complexity index is 1180. The fourth-order valence-corrected chi connectivity index (χ4v) is 4.76. The van der Waals surface area contributed by atoms with Crippen molar-refractivity contribution in [2.45, 2.75) is 13.5 Å². The zero-order chi connectivity index (χ0) is 18.8. The molecule has 0 aliphatic carbocycles. The molecule has 0 aliphatic heterocycles. The van der Waals surface area contributed by atoms with Crippen LogP contribution in [0.15, 0.2) is 60.1 Å². The molecule has 0 spiro atoms. The van der Waals surface area contributed by atoms with Gasteiger partial charge < -0.3 is 9.30 Å². The van der Waals surface area contributed by atoms with E-state index in [2.05, 4.69) is 16.6 Å². The van der Waals surface area contributed by atoms with Crippen LogP contribution in [0.5, 0.6) is 5.75 Å². The van der Waals surface area contributed by atoms with E-state index in [1.54, 1.807) is 6.08 Å². The molecule has 0 unspecified atom stereocenters. The fraction of sp³-hybridized carbons (Fsp3) is 0.150. The van der Waals surface area contributed by atoms with Gasteiger partial charge in [-0.3, -0.25) is 4.79 Å². The third-order valence-corrected chi connectivity index (χ3v) is 6.02. The minimum atomic E-state index is -0.335. The van der Waals surface area contributed by atoms with E-state index >= 15 is 0 Å². The van der Waals surface area contributed by atoms with Crippen LogP contribution in [-0.2, 0) is 6.54 Å². The van der Waals surface area contributed by atoms with E-state index in [1.807, 2.05) is 54.0 Å². The molecule has 0 aliphatic rings. The monoisotopic (exact) mass is 395 g/mol. The van der Waals surface area contributed by atoms with E-state index in [-0.39, 0.29) is 5.91 Å². The standard InChI is InChI=1S/C20H17N3O2S2/c1-3-12-23-17-14(25-4-2)9-7-11-16(17)27-20(23)22-18(24)19-21-13-8-5-6-10-15(13)26-19/h3,5-11H,1,4,12H2,2H3. The lowest BCUT2D eigenvalue weighted by Gasteiger charge is -2.07. The Hall–Kier alpha value is -2.77. The first-order valence-corrected chi connectivity index (χ1v) is 10.1. The SMILES string of the molecule is C=CCn1c(=NC(=O)c2nc3ccccc3s2)sc2cccc(OCC)c21. The first-order valence-electron chi connectivity index (χ1n) is 8.52. The lowest BCUT2D eigenvalue weighted by atomic mass is 10.3. The lowest BCUT2D eigenvalue weighted by molar-refractivity contribution is 0.0997. The Morgan fingerprint density at radius 3 is 2.81 bits per heavy atom. The zero-order valence-electron chi connectivity index (χ0n) is 14.7. The number of rotatable bonds is 5. The smallest absolute Gasteiger partial charge is 0.308 e. The highest BCUT2D eigenvalue weighted by Crippen LogP contribution is 2.28. The molecule has 27 heavy (non-hydrogen) atoms. The highest BCUT2D eigenvalue weighted by atomic mass is 32.1. The normalized spacial score (nSPS) is 12.0. The van der Waals surface area contributed by atoms with Crippen LogP contribution in [0.3, 0.4) is 0 Å². The maximum atomic E-state index is 12.7. The summed E-state index contributed by atoms with van der Waals surface area (Å²) in [6.07, 6.45) is 1.79. The van der Waals surface area contributed by atoms with Crippen LogP contribution in [0.25, 0.3) is 20.4 Å². The van der Waals surface area contributed by atoms with Gasteiger partial charge in [0.2, 0.25) is 0 Å². The average Bonchev–Trinajstić information content (AvgIpc) is 3.25. The maximum absolute atomic E-state index is 12.7. The molecule has 2 heterocycles.